The Labute approximate surface area is 68.6 Å². The van der Waals surface area contributed by atoms with Crippen LogP contribution in [-0.4, -0.2) is 22.8 Å². The average molecular weight is 192 g/mol. The number of aromatic nitrogens is 2. The molecule has 0 radical (unpaired) electrons. The molecule has 0 spiro atoms. The summed E-state index contributed by atoms with van der Waals surface area (Å²) < 4.78 is 30.2. The minimum Gasteiger partial charge on any atom is -0.299 e. The molecule has 0 aromatic carbocycles. The molecule has 0 bridgehead atoms. The van der Waals surface area contributed by atoms with Crippen molar-refractivity contribution >= 4 is 10.1 Å². The first-order chi connectivity index (χ1) is 5.38. The van der Waals surface area contributed by atoms with Crippen molar-refractivity contribution in [2.75, 3.05) is 0 Å². The Morgan fingerprint density at radius 1 is 1.67 bits per heavy atom. The zero-order chi connectivity index (χ0) is 9.35. The first kappa shape index (κ1) is 9.01. The fourth-order valence-electron chi connectivity index (χ4n) is 0.819. The van der Waals surface area contributed by atoms with Crippen LogP contribution in [0.5, 0.6) is 0 Å². The highest BCUT2D eigenvalue weighted by atomic mass is 32.2. The summed E-state index contributed by atoms with van der Waals surface area (Å²) >= 11 is 0. The molecular formula is C5H8N2O4S. The van der Waals surface area contributed by atoms with Crippen LogP contribution < -0.4 is 5.56 Å². The molecule has 68 valence electrons. The lowest BCUT2D eigenvalue weighted by Crippen LogP contribution is -2.09. The highest BCUT2D eigenvalue weighted by Crippen LogP contribution is 1.96. The van der Waals surface area contributed by atoms with Gasteiger partial charge < -0.3 is 0 Å². The molecule has 12 heavy (non-hydrogen) atoms. The quantitative estimate of drug-likeness (QED) is 0.594. The van der Waals surface area contributed by atoms with E-state index in [1.807, 2.05) is 0 Å². The molecule has 1 heterocycles. The summed E-state index contributed by atoms with van der Waals surface area (Å²) in [4.78, 5) is 10.8. The summed E-state index contributed by atoms with van der Waals surface area (Å²) in [6.07, 6.45) is 0. The van der Waals surface area contributed by atoms with Crippen molar-refractivity contribution in [3.8, 4) is 0 Å². The van der Waals surface area contributed by atoms with Crippen molar-refractivity contribution in [3.63, 3.8) is 0 Å². The van der Waals surface area contributed by atoms with Crippen LogP contribution in [-0.2, 0) is 22.9 Å². The van der Waals surface area contributed by atoms with Crippen molar-refractivity contribution in [2.24, 2.45) is 7.05 Å². The number of hydrogen-bond donors (Lipinski definition) is 2. The highest BCUT2D eigenvalue weighted by molar-refractivity contribution is 7.84. The van der Waals surface area contributed by atoms with E-state index < -0.39 is 15.9 Å². The van der Waals surface area contributed by atoms with Crippen LogP contribution in [0.25, 0.3) is 0 Å². The molecule has 0 aliphatic rings. The Morgan fingerprint density at radius 2 is 2.25 bits per heavy atom. The predicted octanol–water partition coefficient (Wildman–Crippen LogP) is -0.899. The second-order valence-corrected chi connectivity index (χ2v) is 3.86. The maximum absolute atomic E-state index is 10.8. The molecule has 6 nitrogen and oxygen atoms in total. The van der Waals surface area contributed by atoms with Gasteiger partial charge in [0.15, 0.2) is 0 Å². The Kier molecular flexibility index (Phi) is 2.07. The normalized spacial score (nSPS) is 11.8. The maximum atomic E-state index is 10.8. The first-order valence-corrected chi connectivity index (χ1v) is 4.69. The maximum Gasteiger partial charge on any atom is 0.270 e. The lowest BCUT2D eigenvalue weighted by atomic mass is 10.5. The van der Waals surface area contributed by atoms with Gasteiger partial charge in [-0.15, -0.1) is 0 Å². The molecule has 0 saturated heterocycles. The van der Waals surface area contributed by atoms with Crippen LogP contribution in [0.3, 0.4) is 0 Å². The van der Waals surface area contributed by atoms with Crippen LogP contribution >= 0.6 is 0 Å². The number of nitrogens with one attached hydrogen (secondary N) is 1. The van der Waals surface area contributed by atoms with Crippen LogP contribution in [0, 0.1) is 0 Å². The summed E-state index contributed by atoms with van der Waals surface area (Å²) in [5.74, 6) is -0.566. The number of H-pyrrole nitrogens is 1. The molecule has 1 rings (SSSR count). The van der Waals surface area contributed by atoms with Crippen molar-refractivity contribution in [3.05, 3.63) is 22.1 Å². The third kappa shape index (κ3) is 2.21. The van der Waals surface area contributed by atoms with E-state index in [1.165, 1.54) is 7.05 Å². The smallest absolute Gasteiger partial charge is 0.270 e. The van der Waals surface area contributed by atoms with Crippen LogP contribution in [0.4, 0.5) is 0 Å². The molecule has 1 aromatic rings. The van der Waals surface area contributed by atoms with Crippen molar-refractivity contribution < 1.29 is 13.0 Å². The Hall–Kier alpha value is -1.08. The summed E-state index contributed by atoms with van der Waals surface area (Å²) in [6, 6.07) is 1.12. The largest absolute Gasteiger partial charge is 0.299 e. The molecule has 0 atom stereocenters. The zero-order valence-electron chi connectivity index (χ0n) is 6.31. The number of aromatic amines is 1. The standard InChI is InChI=1S/C5H8N2O4S/c1-7-5(8)2-4(6-7)3-12(9,10)11/h2,6H,3H2,1H3,(H,9,10,11). The lowest BCUT2D eigenvalue weighted by Gasteiger charge is -1.92. The number of aryl methyl sites for hydroxylation is 1. The van der Waals surface area contributed by atoms with Crippen molar-refractivity contribution in [2.45, 2.75) is 5.75 Å². The molecular weight excluding hydrogens is 184 g/mol. The third-order valence-corrected chi connectivity index (χ3v) is 1.95. The van der Waals surface area contributed by atoms with Gasteiger partial charge in [-0.2, -0.15) is 8.42 Å². The predicted molar refractivity (Wildman–Crippen MR) is 41.3 cm³/mol. The molecule has 2 N–H and O–H groups in total. The van der Waals surface area contributed by atoms with E-state index in [2.05, 4.69) is 5.10 Å². The second-order valence-electron chi connectivity index (χ2n) is 2.40. The van der Waals surface area contributed by atoms with E-state index in [9.17, 15) is 13.2 Å². The minimum absolute atomic E-state index is 0.171. The van der Waals surface area contributed by atoms with Gasteiger partial charge in [0, 0.05) is 13.1 Å². The Bertz CT molecular complexity index is 427. The van der Waals surface area contributed by atoms with Gasteiger partial charge in [0.2, 0.25) is 0 Å². The van der Waals surface area contributed by atoms with Gasteiger partial charge in [0.05, 0.1) is 5.69 Å². The highest BCUT2D eigenvalue weighted by Gasteiger charge is 2.08. The van der Waals surface area contributed by atoms with Gasteiger partial charge in [-0.1, -0.05) is 0 Å². The molecule has 1 aromatic heterocycles. The van der Waals surface area contributed by atoms with E-state index in [0.29, 0.717) is 0 Å². The van der Waals surface area contributed by atoms with E-state index in [1.54, 1.807) is 0 Å². The van der Waals surface area contributed by atoms with E-state index >= 15 is 0 Å². The van der Waals surface area contributed by atoms with Gasteiger partial charge in [0.1, 0.15) is 5.75 Å². The first-order valence-electron chi connectivity index (χ1n) is 3.08. The van der Waals surface area contributed by atoms with Crippen LogP contribution in [0.2, 0.25) is 0 Å². The minimum atomic E-state index is -4.06. The molecule has 0 aliphatic heterocycles. The van der Waals surface area contributed by atoms with Crippen molar-refractivity contribution in [1.82, 2.24) is 9.78 Å². The van der Waals surface area contributed by atoms with Gasteiger partial charge >= 0.3 is 0 Å². The van der Waals surface area contributed by atoms with Crippen molar-refractivity contribution in [1.29, 1.82) is 0 Å². The fourth-order valence-corrected chi connectivity index (χ4v) is 1.36. The second kappa shape index (κ2) is 2.76. The average Bonchev–Trinajstić information content (AvgIpc) is 2.07. The summed E-state index contributed by atoms with van der Waals surface area (Å²) in [6.45, 7) is 0. The number of hydrogen-bond acceptors (Lipinski definition) is 3. The molecule has 0 unspecified atom stereocenters. The monoisotopic (exact) mass is 192 g/mol. The molecule has 0 saturated carbocycles. The van der Waals surface area contributed by atoms with Crippen LogP contribution in [0.1, 0.15) is 5.69 Å². The van der Waals surface area contributed by atoms with Gasteiger partial charge in [0.25, 0.3) is 15.7 Å². The summed E-state index contributed by atoms with van der Waals surface area (Å²) in [5, 5.41) is 2.47. The summed E-state index contributed by atoms with van der Waals surface area (Å²) in [7, 11) is -2.61. The molecule has 0 aliphatic carbocycles. The lowest BCUT2D eigenvalue weighted by molar-refractivity contribution is 0.481. The van der Waals surface area contributed by atoms with Gasteiger partial charge in [-0.25, -0.2) is 0 Å². The van der Waals surface area contributed by atoms with E-state index in [4.69, 9.17) is 4.55 Å². The SMILES string of the molecule is Cn1[nH]c(CS(=O)(=O)O)cc1=O. The van der Waals surface area contributed by atoms with Gasteiger partial charge in [-0.3, -0.25) is 19.1 Å². The van der Waals surface area contributed by atoms with E-state index in [-0.39, 0.29) is 11.3 Å². The topological polar surface area (TPSA) is 92.2 Å². The zero-order valence-corrected chi connectivity index (χ0v) is 7.13. The Morgan fingerprint density at radius 3 is 2.58 bits per heavy atom. The van der Waals surface area contributed by atoms with E-state index in [0.717, 1.165) is 10.7 Å². The fraction of sp³-hybridized carbons (Fsp3) is 0.400. The van der Waals surface area contributed by atoms with Crippen LogP contribution in [0.15, 0.2) is 10.9 Å². The molecule has 0 fully saturated rings. The molecule has 0 amide bonds. The number of nitrogens with zero attached hydrogens (tertiary/aromatic N) is 1. The third-order valence-electron chi connectivity index (χ3n) is 1.28. The summed E-state index contributed by atoms with van der Waals surface area (Å²) in [5.41, 5.74) is -0.168. The van der Waals surface area contributed by atoms with Gasteiger partial charge in [-0.05, 0) is 0 Å². The molecule has 7 heteroatoms. The number of rotatable bonds is 2. The Balaban J connectivity index is 3.00.